The standard InChI is InChI=1S/C22H17FN4OS/c23-15-1-2-17-20(11-15)29-21(26-17)6-10-27-12-18-22(19(27)13-28)16(5-9-25-18)14-3-7-24-8-4-14/h1-5,7-9,11,13,19H,6,10,12H2. The summed E-state index contributed by atoms with van der Waals surface area (Å²) in [5.74, 6) is -0.251. The summed E-state index contributed by atoms with van der Waals surface area (Å²) in [4.78, 5) is 27.3. The molecule has 4 aromatic rings. The lowest BCUT2D eigenvalue weighted by Crippen LogP contribution is -2.25. The Morgan fingerprint density at radius 2 is 2.03 bits per heavy atom. The first kappa shape index (κ1) is 18.0. The molecular weight excluding hydrogens is 387 g/mol. The normalized spacial score (nSPS) is 16.2. The van der Waals surface area contributed by atoms with Crippen molar-refractivity contribution < 1.29 is 9.18 Å². The topological polar surface area (TPSA) is 59.0 Å². The SMILES string of the molecule is O=CC1c2c(-c3ccncc3)ccnc2CN1CCc1nc2ccc(F)cc2s1. The van der Waals surface area contributed by atoms with Crippen LogP contribution in [0.15, 0.2) is 55.0 Å². The molecule has 1 aliphatic rings. The number of fused-ring (bicyclic) bond motifs is 2. The Morgan fingerprint density at radius 3 is 2.86 bits per heavy atom. The number of rotatable bonds is 5. The zero-order valence-corrected chi connectivity index (χ0v) is 16.3. The molecule has 5 rings (SSSR count). The molecule has 7 heteroatoms. The van der Waals surface area contributed by atoms with Crippen LogP contribution in [0.4, 0.5) is 4.39 Å². The molecule has 29 heavy (non-hydrogen) atoms. The molecule has 0 radical (unpaired) electrons. The number of pyridine rings is 2. The highest BCUT2D eigenvalue weighted by Crippen LogP contribution is 2.38. The molecule has 144 valence electrons. The van der Waals surface area contributed by atoms with Gasteiger partial charge in [0.15, 0.2) is 0 Å². The molecule has 4 heterocycles. The number of thiazole rings is 1. The maximum Gasteiger partial charge on any atom is 0.141 e. The number of hydrogen-bond acceptors (Lipinski definition) is 6. The predicted octanol–water partition coefficient (Wildman–Crippen LogP) is 4.19. The molecule has 0 saturated carbocycles. The van der Waals surface area contributed by atoms with Gasteiger partial charge in [-0.1, -0.05) is 0 Å². The number of halogens is 1. The van der Waals surface area contributed by atoms with Crippen LogP contribution in [0.25, 0.3) is 21.3 Å². The lowest BCUT2D eigenvalue weighted by molar-refractivity contribution is -0.112. The summed E-state index contributed by atoms with van der Waals surface area (Å²) in [6.07, 6.45) is 6.99. The number of carbonyl (C=O) groups is 1. The highest BCUT2D eigenvalue weighted by Gasteiger charge is 2.33. The number of aldehydes is 1. The quantitative estimate of drug-likeness (QED) is 0.467. The smallest absolute Gasteiger partial charge is 0.141 e. The minimum atomic E-state index is -0.339. The molecule has 0 N–H and O–H groups in total. The van der Waals surface area contributed by atoms with Crippen molar-refractivity contribution in [3.63, 3.8) is 0 Å². The van der Waals surface area contributed by atoms with Gasteiger partial charge in [0.1, 0.15) is 12.1 Å². The zero-order chi connectivity index (χ0) is 19.8. The van der Waals surface area contributed by atoms with Gasteiger partial charge in [-0.15, -0.1) is 11.3 Å². The zero-order valence-electron chi connectivity index (χ0n) is 15.5. The summed E-state index contributed by atoms with van der Waals surface area (Å²) >= 11 is 1.50. The van der Waals surface area contributed by atoms with Crippen molar-refractivity contribution in [2.24, 2.45) is 0 Å². The second kappa shape index (κ2) is 7.42. The van der Waals surface area contributed by atoms with E-state index < -0.39 is 0 Å². The number of benzene rings is 1. The molecule has 0 aliphatic carbocycles. The minimum absolute atomic E-state index is 0.251. The van der Waals surface area contributed by atoms with E-state index in [0.29, 0.717) is 19.5 Å². The summed E-state index contributed by atoms with van der Waals surface area (Å²) in [6, 6.07) is 10.2. The fraction of sp³-hybridized carbons (Fsp3) is 0.182. The van der Waals surface area contributed by atoms with E-state index in [1.54, 1.807) is 24.7 Å². The molecular formula is C22H17FN4OS. The number of carbonyl (C=O) groups excluding carboxylic acids is 1. The lowest BCUT2D eigenvalue weighted by Gasteiger charge is -2.20. The largest absolute Gasteiger partial charge is 0.301 e. The molecule has 0 saturated heterocycles. The highest BCUT2D eigenvalue weighted by molar-refractivity contribution is 7.18. The van der Waals surface area contributed by atoms with Gasteiger partial charge in [-0.05, 0) is 47.5 Å². The molecule has 1 unspecified atom stereocenters. The highest BCUT2D eigenvalue weighted by atomic mass is 32.1. The van der Waals surface area contributed by atoms with E-state index >= 15 is 0 Å². The summed E-state index contributed by atoms with van der Waals surface area (Å²) in [5, 5.41) is 0.938. The van der Waals surface area contributed by atoms with E-state index in [2.05, 4.69) is 19.9 Å². The first-order valence-electron chi connectivity index (χ1n) is 9.35. The van der Waals surface area contributed by atoms with E-state index in [9.17, 15) is 9.18 Å². The van der Waals surface area contributed by atoms with Gasteiger partial charge in [-0.25, -0.2) is 9.37 Å². The van der Waals surface area contributed by atoms with Crippen LogP contribution in [0.1, 0.15) is 22.3 Å². The van der Waals surface area contributed by atoms with Crippen molar-refractivity contribution in [1.29, 1.82) is 0 Å². The van der Waals surface area contributed by atoms with Crippen molar-refractivity contribution in [2.75, 3.05) is 6.54 Å². The molecule has 1 aromatic carbocycles. The first-order valence-corrected chi connectivity index (χ1v) is 10.2. The molecule has 0 bridgehead atoms. The fourth-order valence-electron chi connectivity index (χ4n) is 3.89. The van der Waals surface area contributed by atoms with E-state index in [1.165, 1.54) is 23.5 Å². The molecule has 0 amide bonds. The van der Waals surface area contributed by atoms with Gasteiger partial charge in [0, 0.05) is 43.7 Å². The maximum atomic E-state index is 13.4. The lowest BCUT2D eigenvalue weighted by atomic mass is 9.97. The first-order chi connectivity index (χ1) is 14.2. The Bertz CT molecular complexity index is 1190. The van der Waals surface area contributed by atoms with Gasteiger partial charge in [0.2, 0.25) is 0 Å². The third kappa shape index (κ3) is 3.32. The van der Waals surface area contributed by atoms with Crippen LogP contribution in [-0.2, 0) is 17.8 Å². The van der Waals surface area contributed by atoms with Gasteiger partial charge in [0.25, 0.3) is 0 Å². The van der Waals surface area contributed by atoms with Gasteiger partial charge < -0.3 is 4.79 Å². The van der Waals surface area contributed by atoms with Crippen molar-refractivity contribution >= 4 is 27.8 Å². The van der Waals surface area contributed by atoms with Gasteiger partial charge in [-0.3, -0.25) is 14.9 Å². The number of nitrogens with zero attached hydrogens (tertiary/aromatic N) is 4. The van der Waals surface area contributed by atoms with Crippen LogP contribution in [-0.4, -0.2) is 32.7 Å². The Kier molecular flexibility index (Phi) is 4.61. The molecule has 0 spiro atoms. The third-order valence-corrected chi connectivity index (χ3v) is 6.32. The van der Waals surface area contributed by atoms with Crippen LogP contribution in [0, 0.1) is 5.82 Å². The van der Waals surface area contributed by atoms with Crippen molar-refractivity contribution in [2.45, 2.75) is 19.0 Å². The van der Waals surface area contributed by atoms with Crippen LogP contribution in [0.5, 0.6) is 0 Å². The van der Waals surface area contributed by atoms with E-state index in [-0.39, 0.29) is 11.9 Å². The second-order valence-electron chi connectivity index (χ2n) is 6.98. The van der Waals surface area contributed by atoms with E-state index in [0.717, 1.165) is 43.9 Å². The Morgan fingerprint density at radius 1 is 1.17 bits per heavy atom. The Balaban J connectivity index is 1.40. The Labute approximate surface area is 170 Å². The van der Waals surface area contributed by atoms with E-state index in [1.807, 2.05) is 18.2 Å². The fourth-order valence-corrected chi connectivity index (χ4v) is 4.87. The molecule has 3 aromatic heterocycles. The van der Waals surface area contributed by atoms with Crippen LogP contribution in [0.2, 0.25) is 0 Å². The number of hydrogen-bond donors (Lipinski definition) is 0. The number of aromatic nitrogens is 3. The second-order valence-corrected chi connectivity index (χ2v) is 8.09. The average molecular weight is 404 g/mol. The van der Waals surface area contributed by atoms with Crippen molar-refractivity contribution in [3.8, 4) is 11.1 Å². The monoisotopic (exact) mass is 404 g/mol. The average Bonchev–Trinajstić information content (AvgIpc) is 3.32. The summed E-state index contributed by atoms with van der Waals surface area (Å²) in [5.41, 5.74) is 4.76. The minimum Gasteiger partial charge on any atom is -0.301 e. The molecule has 5 nitrogen and oxygen atoms in total. The van der Waals surface area contributed by atoms with Gasteiger partial charge >= 0.3 is 0 Å². The van der Waals surface area contributed by atoms with Crippen LogP contribution in [0.3, 0.4) is 0 Å². The van der Waals surface area contributed by atoms with Crippen molar-refractivity contribution in [3.05, 3.63) is 77.1 Å². The summed E-state index contributed by atoms with van der Waals surface area (Å²) in [7, 11) is 0. The van der Waals surface area contributed by atoms with E-state index in [4.69, 9.17) is 0 Å². The maximum absolute atomic E-state index is 13.4. The molecule has 1 aliphatic heterocycles. The predicted molar refractivity (Wildman–Crippen MR) is 110 cm³/mol. The molecule has 0 fully saturated rings. The Hall–Kier alpha value is -3.03. The van der Waals surface area contributed by atoms with Crippen molar-refractivity contribution in [1.82, 2.24) is 19.9 Å². The molecule has 1 atom stereocenters. The van der Waals surface area contributed by atoms with Crippen LogP contribution < -0.4 is 0 Å². The van der Waals surface area contributed by atoms with Crippen LogP contribution >= 0.6 is 11.3 Å². The van der Waals surface area contributed by atoms with Gasteiger partial charge in [-0.2, -0.15) is 0 Å². The summed E-state index contributed by atoms with van der Waals surface area (Å²) in [6.45, 7) is 1.30. The summed E-state index contributed by atoms with van der Waals surface area (Å²) < 4.78 is 14.3. The third-order valence-electron chi connectivity index (χ3n) is 5.24. The van der Waals surface area contributed by atoms with Gasteiger partial charge in [0.05, 0.1) is 27.0 Å².